The van der Waals surface area contributed by atoms with E-state index in [1.54, 1.807) is 31.9 Å². The highest BCUT2D eigenvalue weighted by Gasteiger charge is 2.39. The second-order valence-corrected chi connectivity index (χ2v) is 10.9. The van der Waals surface area contributed by atoms with E-state index in [-0.39, 0.29) is 41.8 Å². The zero-order chi connectivity index (χ0) is 25.5. The van der Waals surface area contributed by atoms with Gasteiger partial charge >= 0.3 is 5.97 Å². The molecule has 1 fully saturated rings. The lowest BCUT2D eigenvalue weighted by molar-refractivity contribution is -0.142. The minimum Gasteiger partial charge on any atom is -0.463 e. The summed E-state index contributed by atoms with van der Waals surface area (Å²) < 4.78 is 5.10. The standard InChI is InChI=1S/C26H47N3O4/c1-11-33-25(32)19(6)16-21(17(2)3)28(10)24(31)22(26(7,8)9)27-23(30)20-14-12-13-15-29(20)18(4)5/h16-18,20-22H,11-15H2,1-10H3,(H,27,30)/t20-,21-,22-/m1/s1. The predicted octanol–water partition coefficient (Wildman–Crippen LogP) is 3.77. The predicted molar refractivity (Wildman–Crippen MR) is 133 cm³/mol. The van der Waals surface area contributed by atoms with Gasteiger partial charge in [-0.2, -0.15) is 0 Å². The SMILES string of the molecule is CCOC(=O)C(C)=C[C@H](C(C)C)N(C)C(=O)[C@@H](NC(=O)[C@H]1CCCCN1C(C)C)C(C)(C)C. The third-order valence-corrected chi connectivity index (χ3v) is 6.41. The Labute approximate surface area is 201 Å². The Balaban J connectivity index is 3.15. The summed E-state index contributed by atoms with van der Waals surface area (Å²) in [6, 6.07) is -0.920. The van der Waals surface area contributed by atoms with E-state index in [1.165, 1.54) is 0 Å². The Morgan fingerprint density at radius 2 is 1.76 bits per heavy atom. The number of nitrogens with one attached hydrogen (secondary N) is 1. The monoisotopic (exact) mass is 465 g/mol. The van der Waals surface area contributed by atoms with Crippen molar-refractivity contribution >= 4 is 17.8 Å². The van der Waals surface area contributed by atoms with Gasteiger partial charge in [-0.05, 0) is 58.4 Å². The average Bonchev–Trinajstić information content (AvgIpc) is 2.73. The molecule has 0 bridgehead atoms. The summed E-state index contributed by atoms with van der Waals surface area (Å²) in [5.74, 6) is -0.538. The second kappa shape index (κ2) is 12.5. The Hall–Kier alpha value is -1.89. The maximum atomic E-state index is 13.7. The van der Waals surface area contributed by atoms with Crippen molar-refractivity contribution in [3.8, 4) is 0 Å². The van der Waals surface area contributed by atoms with Gasteiger partial charge < -0.3 is 15.0 Å². The van der Waals surface area contributed by atoms with Crippen molar-refractivity contribution in [2.24, 2.45) is 11.3 Å². The molecule has 0 spiro atoms. The van der Waals surface area contributed by atoms with E-state index < -0.39 is 11.5 Å². The second-order valence-electron chi connectivity index (χ2n) is 10.9. The van der Waals surface area contributed by atoms with Crippen LogP contribution in [-0.2, 0) is 19.1 Å². The van der Waals surface area contributed by atoms with Gasteiger partial charge in [-0.15, -0.1) is 0 Å². The molecule has 3 atom stereocenters. The number of carbonyl (C=O) groups excluding carboxylic acids is 3. The third kappa shape index (κ3) is 8.13. The molecule has 33 heavy (non-hydrogen) atoms. The Morgan fingerprint density at radius 3 is 2.24 bits per heavy atom. The Bertz CT molecular complexity index is 709. The van der Waals surface area contributed by atoms with Crippen LogP contribution in [0.3, 0.4) is 0 Å². The first kappa shape index (κ1) is 29.1. The molecule has 1 aliphatic heterocycles. The fraction of sp³-hybridized carbons (Fsp3) is 0.808. The van der Waals surface area contributed by atoms with Crippen LogP contribution in [0.15, 0.2) is 11.6 Å². The number of ether oxygens (including phenoxy) is 1. The highest BCUT2D eigenvalue weighted by Crippen LogP contribution is 2.26. The molecule has 0 aromatic carbocycles. The lowest BCUT2D eigenvalue weighted by Gasteiger charge is -2.41. The molecule has 0 saturated carbocycles. The largest absolute Gasteiger partial charge is 0.463 e. The quantitative estimate of drug-likeness (QED) is 0.414. The van der Waals surface area contributed by atoms with Crippen molar-refractivity contribution in [3.63, 3.8) is 0 Å². The summed E-state index contributed by atoms with van der Waals surface area (Å²) in [7, 11) is 1.74. The van der Waals surface area contributed by atoms with Crippen molar-refractivity contribution in [3.05, 3.63) is 11.6 Å². The molecule has 7 nitrogen and oxygen atoms in total. The molecule has 190 valence electrons. The van der Waals surface area contributed by atoms with E-state index in [1.807, 2.05) is 34.6 Å². The van der Waals surface area contributed by atoms with Crippen LogP contribution in [-0.4, -0.2) is 72.0 Å². The number of rotatable bonds is 9. The van der Waals surface area contributed by atoms with Gasteiger partial charge in [0.1, 0.15) is 6.04 Å². The van der Waals surface area contributed by atoms with E-state index in [0.717, 1.165) is 25.8 Å². The van der Waals surface area contributed by atoms with Crippen molar-refractivity contribution in [2.75, 3.05) is 20.2 Å². The topological polar surface area (TPSA) is 79.0 Å². The van der Waals surface area contributed by atoms with Crippen LogP contribution in [0.5, 0.6) is 0 Å². The molecule has 0 aromatic heterocycles. The molecule has 1 N–H and O–H groups in total. The van der Waals surface area contributed by atoms with E-state index in [4.69, 9.17) is 4.74 Å². The van der Waals surface area contributed by atoms with E-state index in [0.29, 0.717) is 12.2 Å². The number of amides is 2. The molecule has 0 unspecified atom stereocenters. The van der Waals surface area contributed by atoms with Gasteiger partial charge in [-0.25, -0.2) is 4.79 Å². The van der Waals surface area contributed by atoms with Crippen molar-refractivity contribution in [1.29, 1.82) is 0 Å². The van der Waals surface area contributed by atoms with Crippen LogP contribution in [0, 0.1) is 11.3 Å². The van der Waals surface area contributed by atoms with Crippen LogP contribution >= 0.6 is 0 Å². The smallest absolute Gasteiger partial charge is 0.333 e. The molecular formula is C26H47N3O4. The number of piperidine rings is 1. The number of nitrogens with zero attached hydrogens (tertiary/aromatic N) is 2. The first-order valence-corrected chi connectivity index (χ1v) is 12.4. The van der Waals surface area contributed by atoms with Crippen LogP contribution in [0.4, 0.5) is 0 Å². The van der Waals surface area contributed by atoms with Crippen molar-refractivity contribution < 1.29 is 19.1 Å². The molecule has 1 saturated heterocycles. The molecule has 0 aromatic rings. The molecule has 1 rings (SSSR count). The molecule has 1 heterocycles. The van der Waals surface area contributed by atoms with Gasteiger partial charge in [0.2, 0.25) is 11.8 Å². The summed E-state index contributed by atoms with van der Waals surface area (Å²) in [5, 5.41) is 3.10. The number of esters is 1. The van der Waals surface area contributed by atoms with Gasteiger partial charge in [0, 0.05) is 18.7 Å². The molecule has 1 aliphatic rings. The van der Waals surface area contributed by atoms with Crippen molar-refractivity contribution in [1.82, 2.24) is 15.1 Å². The molecule has 7 heteroatoms. The minimum absolute atomic E-state index is 0.0782. The summed E-state index contributed by atoms with van der Waals surface area (Å²) in [4.78, 5) is 43.1. The number of likely N-dealkylation sites (tertiary alicyclic amines) is 1. The summed E-state index contributed by atoms with van der Waals surface area (Å²) in [6.45, 7) is 18.8. The normalized spacial score (nSPS) is 19.9. The fourth-order valence-electron chi connectivity index (χ4n) is 4.41. The Morgan fingerprint density at radius 1 is 1.15 bits per heavy atom. The van der Waals surface area contributed by atoms with Crippen LogP contribution in [0.1, 0.15) is 81.6 Å². The molecule has 2 amide bonds. The molecule has 0 aliphatic carbocycles. The fourth-order valence-corrected chi connectivity index (χ4v) is 4.41. The van der Waals surface area contributed by atoms with Crippen LogP contribution < -0.4 is 5.32 Å². The lowest BCUT2D eigenvalue weighted by atomic mass is 9.84. The maximum Gasteiger partial charge on any atom is 0.333 e. The summed E-state index contributed by atoms with van der Waals surface area (Å²) in [6.07, 6.45) is 4.71. The minimum atomic E-state index is -0.677. The molecular weight excluding hydrogens is 418 g/mol. The number of likely N-dealkylation sites (N-methyl/N-ethyl adjacent to an activating group) is 1. The highest BCUT2D eigenvalue weighted by atomic mass is 16.5. The molecule has 0 radical (unpaired) electrons. The average molecular weight is 466 g/mol. The van der Waals surface area contributed by atoms with Gasteiger partial charge in [0.25, 0.3) is 0 Å². The number of hydrogen-bond acceptors (Lipinski definition) is 5. The zero-order valence-electron chi connectivity index (χ0n) is 22.5. The Kier molecular flexibility index (Phi) is 11.1. The van der Waals surface area contributed by atoms with Crippen LogP contribution in [0.25, 0.3) is 0 Å². The van der Waals surface area contributed by atoms with Gasteiger partial charge in [-0.3, -0.25) is 14.5 Å². The summed E-state index contributed by atoms with van der Waals surface area (Å²) >= 11 is 0. The van der Waals surface area contributed by atoms with Gasteiger partial charge in [-0.1, -0.05) is 47.1 Å². The van der Waals surface area contributed by atoms with Crippen LogP contribution in [0.2, 0.25) is 0 Å². The van der Waals surface area contributed by atoms with E-state index in [9.17, 15) is 14.4 Å². The third-order valence-electron chi connectivity index (χ3n) is 6.41. The van der Waals surface area contributed by atoms with Crippen molar-refractivity contribution in [2.45, 2.75) is 106 Å². The van der Waals surface area contributed by atoms with Gasteiger partial charge in [0.15, 0.2) is 0 Å². The number of carbonyl (C=O) groups is 3. The maximum absolute atomic E-state index is 13.7. The number of hydrogen-bond donors (Lipinski definition) is 1. The lowest BCUT2D eigenvalue weighted by Crippen LogP contribution is -2.60. The zero-order valence-corrected chi connectivity index (χ0v) is 22.5. The first-order valence-electron chi connectivity index (χ1n) is 12.4. The summed E-state index contributed by atoms with van der Waals surface area (Å²) in [5.41, 5.74) is 0.000989. The first-order chi connectivity index (χ1) is 15.2. The van der Waals surface area contributed by atoms with E-state index in [2.05, 4.69) is 24.1 Å². The van der Waals surface area contributed by atoms with Gasteiger partial charge in [0.05, 0.1) is 18.7 Å². The van der Waals surface area contributed by atoms with E-state index >= 15 is 0 Å². The highest BCUT2D eigenvalue weighted by molar-refractivity contribution is 5.91.